The van der Waals surface area contributed by atoms with Gasteiger partial charge in [-0.15, -0.1) is 0 Å². The van der Waals surface area contributed by atoms with Crippen molar-refractivity contribution in [3.63, 3.8) is 0 Å². The van der Waals surface area contributed by atoms with Gasteiger partial charge >= 0.3 is 0 Å². The highest BCUT2D eigenvalue weighted by Gasteiger charge is 2.09. The largest absolute Gasteiger partial charge is 0.353 e. The molecule has 0 amide bonds. The van der Waals surface area contributed by atoms with Gasteiger partial charge in [0.15, 0.2) is 0 Å². The Morgan fingerprint density at radius 3 is 2.37 bits per heavy atom. The van der Waals surface area contributed by atoms with E-state index in [0.29, 0.717) is 20.8 Å². The Morgan fingerprint density at radius 2 is 1.74 bits per heavy atom. The molecule has 0 aromatic heterocycles. The highest BCUT2D eigenvalue weighted by atomic mass is 35.5. The van der Waals surface area contributed by atoms with E-state index in [2.05, 4.69) is 11.4 Å². The average molecular weight is 312 g/mol. The van der Waals surface area contributed by atoms with Crippen molar-refractivity contribution < 1.29 is 0 Å². The van der Waals surface area contributed by atoms with Crippen molar-refractivity contribution in [2.24, 2.45) is 0 Å². The van der Waals surface area contributed by atoms with E-state index in [9.17, 15) is 0 Å². The number of hydrogen-bond acceptors (Lipinski definition) is 2. The second-order valence-corrected chi connectivity index (χ2v) is 5.11. The molecule has 0 saturated heterocycles. The zero-order chi connectivity index (χ0) is 13.8. The van der Waals surface area contributed by atoms with Crippen molar-refractivity contribution >= 4 is 46.2 Å². The maximum Gasteiger partial charge on any atom is 0.0763 e. The van der Waals surface area contributed by atoms with Crippen LogP contribution in [0.1, 0.15) is 5.56 Å². The number of nitrogens with zero attached hydrogens (tertiary/aromatic N) is 1. The maximum absolute atomic E-state index is 8.84. The van der Waals surface area contributed by atoms with Gasteiger partial charge in [-0.25, -0.2) is 0 Å². The quantitative estimate of drug-likeness (QED) is 0.817. The molecule has 1 N–H and O–H groups in total. The molecule has 0 unspecified atom stereocenters. The Labute approximate surface area is 126 Å². The SMILES string of the molecule is N#CCc1cc(Cl)ccc1Nc1c(Cl)cccc1Cl. The van der Waals surface area contributed by atoms with Gasteiger partial charge < -0.3 is 5.32 Å². The summed E-state index contributed by atoms with van der Waals surface area (Å²) in [7, 11) is 0. The van der Waals surface area contributed by atoms with Crippen molar-refractivity contribution in [3.8, 4) is 6.07 Å². The van der Waals surface area contributed by atoms with Crippen LogP contribution in [0, 0.1) is 11.3 Å². The van der Waals surface area contributed by atoms with Crippen molar-refractivity contribution in [2.45, 2.75) is 6.42 Å². The highest BCUT2D eigenvalue weighted by molar-refractivity contribution is 6.39. The van der Waals surface area contributed by atoms with Gasteiger partial charge in [0, 0.05) is 10.7 Å². The second kappa shape index (κ2) is 6.16. The van der Waals surface area contributed by atoms with Crippen LogP contribution < -0.4 is 5.32 Å². The molecule has 5 heteroatoms. The summed E-state index contributed by atoms with van der Waals surface area (Å²) in [5, 5.41) is 13.6. The predicted molar refractivity (Wildman–Crippen MR) is 80.5 cm³/mol. The standard InChI is InChI=1S/C14H9Cl3N2/c15-10-4-5-13(9(8-10)6-7-18)19-14-11(16)2-1-3-12(14)17/h1-5,8,19H,6H2. The summed E-state index contributed by atoms with van der Waals surface area (Å²) >= 11 is 18.1. The zero-order valence-electron chi connectivity index (χ0n) is 9.75. The van der Waals surface area contributed by atoms with E-state index < -0.39 is 0 Å². The topological polar surface area (TPSA) is 35.8 Å². The van der Waals surface area contributed by atoms with E-state index in [1.807, 2.05) is 0 Å². The summed E-state index contributed by atoms with van der Waals surface area (Å²) in [4.78, 5) is 0. The van der Waals surface area contributed by atoms with Crippen molar-refractivity contribution in [1.29, 1.82) is 5.26 Å². The number of halogens is 3. The first-order valence-electron chi connectivity index (χ1n) is 5.48. The fraction of sp³-hybridized carbons (Fsp3) is 0.0714. The molecule has 0 saturated carbocycles. The van der Waals surface area contributed by atoms with E-state index >= 15 is 0 Å². The molecule has 96 valence electrons. The molecule has 0 bridgehead atoms. The molecule has 0 aliphatic rings. The first-order valence-corrected chi connectivity index (χ1v) is 6.61. The molecular weight excluding hydrogens is 303 g/mol. The fourth-order valence-electron chi connectivity index (χ4n) is 1.67. The van der Waals surface area contributed by atoms with Crippen LogP contribution in [0.3, 0.4) is 0 Å². The zero-order valence-corrected chi connectivity index (χ0v) is 12.0. The van der Waals surface area contributed by atoms with Gasteiger partial charge in [-0.2, -0.15) is 5.26 Å². The third kappa shape index (κ3) is 3.33. The molecule has 19 heavy (non-hydrogen) atoms. The number of para-hydroxylation sites is 1. The van der Waals surface area contributed by atoms with E-state index in [0.717, 1.165) is 11.3 Å². The lowest BCUT2D eigenvalue weighted by atomic mass is 10.1. The van der Waals surface area contributed by atoms with Gasteiger partial charge in [0.25, 0.3) is 0 Å². The van der Waals surface area contributed by atoms with Gasteiger partial charge in [-0.3, -0.25) is 0 Å². The van der Waals surface area contributed by atoms with Gasteiger partial charge in [0.1, 0.15) is 0 Å². The van der Waals surface area contributed by atoms with Crippen LogP contribution in [0.25, 0.3) is 0 Å². The van der Waals surface area contributed by atoms with E-state index in [1.165, 1.54) is 0 Å². The molecule has 2 aromatic carbocycles. The summed E-state index contributed by atoms with van der Waals surface area (Å²) in [5.41, 5.74) is 2.18. The smallest absolute Gasteiger partial charge is 0.0763 e. The highest BCUT2D eigenvalue weighted by Crippen LogP contribution is 2.34. The third-order valence-electron chi connectivity index (χ3n) is 2.56. The molecule has 2 aromatic rings. The number of hydrogen-bond donors (Lipinski definition) is 1. The fourth-order valence-corrected chi connectivity index (χ4v) is 2.35. The van der Waals surface area contributed by atoms with E-state index in [-0.39, 0.29) is 6.42 Å². The number of anilines is 2. The molecule has 0 spiro atoms. The first-order chi connectivity index (χ1) is 9.11. The maximum atomic E-state index is 8.84. The van der Waals surface area contributed by atoms with E-state index in [4.69, 9.17) is 40.1 Å². The molecule has 0 aliphatic heterocycles. The average Bonchev–Trinajstić information content (AvgIpc) is 2.37. The lowest BCUT2D eigenvalue weighted by Crippen LogP contribution is -1.97. The first kappa shape index (κ1) is 14.0. The molecule has 0 fully saturated rings. The molecule has 2 nitrogen and oxygen atoms in total. The number of nitrogens with one attached hydrogen (secondary N) is 1. The van der Waals surface area contributed by atoms with Crippen LogP contribution in [0.4, 0.5) is 11.4 Å². The summed E-state index contributed by atoms with van der Waals surface area (Å²) in [6.07, 6.45) is 0.255. The lowest BCUT2D eigenvalue weighted by molar-refractivity contribution is 1.26. The minimum Gasteiger partial charge on any atom is -0.353 e. The summed E-state index contributed by atoms with van der Waals surface area (Å²) < 4.78 is 0. The Kier molecular flexibility index (Phi) is 4.55. The molecular formula is C14H9Cl3N2. The second-order valence-electron chi connectivity index (χ2n) is 3.86. The summed E-state index contributed by atoms with van der Waals surface area (Å²) in [6, 6.07) is 12.7. The van der Waals surface area contributed by atoms with Crippen LogP contribution in [0.15, 0.2) is 36.4 Å². The third-order valence-corrected chi connectivity index (χ3v) is 3.42. The summed E-state index contributed by atoms with van der Waals surface area (Å²) in [5.74, 6) is 0. The number of rotatable bonds is 3. The van der Waals surface area contributed by atoms with Gasteiger partial charge in [0.05, 0.1) is 28.2 Å². The monoisotopic (exact) mass is 310 g/mol. The Morgan fingerprint density at radius 1 is 1.05 bits per heavy atom. The minimum absolute atomic E-state index is 0.255. The normalized spacial score (nSPS) is 10.0. The number of nitriles is 1. The predicted octanol–water partition coefficient (Wildman–Crippen LogP) is 5.46. The lowest BCUT2D eigenvalue weighted by Gasteiger charge is -2.13. The van der Waals surface area contributed by atoms with Crippen LogP contribution in [-0.2, 0) is 6.42 Å². The van der Waals surface area contributed by atoms with Crippen LogP contribution in [0.2, 0.25) is 15.1 Å². The number of benzene rings is 2. The minimum atomic E-state index is 0.255. The van der Waals surface area contributed by atoms with Crippen LogP contribution in [0.5, 0.6) is 0 Å². The molecule has 2 rings (SSSR count). The van der Waals surface area contributed by atoms with Crippen molar-refractivity contribution in [1.82, 2.24) is 0 Å². The van der Waals surface area contributed by atoms with Gasteiger partial charge in [-0.1, -0.05) is 40.9 Å². The Hall–Kier alpha value is -1.40. The van der Waals surface area contributed by atoms with Crippen LogP contribution in [-0.4, -0.2) is 0 Å². The molecule has 0 atom stereocenters. The van der Waals surface area contributed by atoms with E-state index in [1.54, 1.807) is 36.4 Å². The molecule has 0 radical (unpaired) electrons. The molecule has 0 aliphatic carbocycles. The van der Waals surface area contributed by atoms with Gasteiger partial charge in [-0.05, 0) is 35.9 Å². The Balaban J connectivity index is 2.41. The summed E-state index contributed by atoms with van der Waals surface area (Å²) in [6.45, 7) is 0. The Bertz CT molecular complexity index is 627. The van der Waals surface area contributed by atoms with Crippen molar-refractivity contribution in [2.75, 3.05) is 5.32 Å². The molecule has 0 heterocycles. The van der Waals surface area contributed by atoms with Gasteiger partial charge in [0.2, 0.25) is 0 Å². The van der Waals surface area contributed by atoms with Crippen LogP contribution >= 0.6 is 34.8 Å². The van der Waals surface area contributed by atoms with Crippen molar-refractivity contribution in [3.05, 3.63) is 57.0 Å².